The summed E-state index contributed by atoms with van der Waals surface area (Å²) in [6.07, 6.45) is 1.42. The average Bonchev–Trinajstić information content (AvgIpc) is 2.31. The summed E-state index contributed by atoms with van der Waals surface area (Å²) in [6.45, 7) is 0.616. The van der Waals surface area contributed by atoms with Gasteiger partial charge in [-0.05, 0) is 24.6 Å². The van der Waals surface area contributed by atoms with Crippen LogP contribution in [0.25, 0.3) is 10.9 Å². The molecule has 0 bridgehead atoms. The maximum absolute atomic E-state index is 13.0. The third-order valence-corrected chi connectivity index (χ3v) is 2.48. The molecule has 0 saturated carbocycles. The van der Waals surface area contributed by atoms with E-state index < -0.39 is 5.82 Å². The minimum atomic E-state index is -0.433. The summed E-state index contributed by atoms with van der Waals surface area (Å²) < 4.78 is 17.9. The largest absolute Gasteiger partial charge is 0.385 e. The van der Waals surface area contributed by atoms with E-state index in [4.69, 9.17) is 4.74 Å². The van der Waals surface area contributed by atoms with Crippen LogP contribution in [0.3, 0.4) is 0 Å². The van der Waals surface area contributed by atoms with Crippen molar-refractivity contribution in [2.45, 2.75) is 12.8 Å². The van der Waals surface area contributed by atoms with Gasteiger partial charge in [-0.2, -0.15) is 0 Å². The number of methoxy groups -OCH3 is 1. The number of aromatic nitrogens is 2. The number of fused-ring (bicyclic) bond motifs is 1. The number of aryl methyl sites for hydroxylation is 1. The highest BCUT2D eigenvalue weighted by Gasteiger charge is 2.04. The number of hydrogen-bond acceptors (Lipinski definition) is 3. The van der Waals surface area contributed by atoms with E-state index in [9.17, 15) is 9.18 Å². The van der Waals surface area contributed by atoms with E-state index in [-0.39, 0.29) is 10.9 Å². The molecule has 0 aliphatic heterocycles. The van der Waals surface area contributed by atoms with Crippen molar-refractivity contribution in [3.8, 4) is 0 Å². The van der Waals surface area contributed by atoms with Gasteiger partial charge >= 0.3 is 0 Å². The van der Waals surface area contributed by atoms with Crippen molar-refractivity contribution in [1.82, 2.24) is 9.97 Å². The van der Waals surface area contributed by atoms with E-state index in [1.54, 1.807) is 7.11 Å². The fraction of sp³-hybridized carbons (Fsp3) is 0.333. The molecule has 1 heterocycles. The van der Waals surface area contributed by atoms with Crippen LogP contribution in [0, 0.1) is 5.82 Å². The molecule has 2 rings (SSSR count). The molecule has 5 heteroatoms. The van der Waals surface area contributed by atoms with Gasteiger partial charge in [0.1, 0.15) is 11.6 Å². The summed E-state index contributed by atoms with van der Waals surface area (Å²) in [4.78, 5) is 18.6. The molecule has 0 spiro atoms. The Morgan fingerprint density at radius 2 is 2.29 bits per heavy atom. The molecule has 0 atom stereocenters. The van der Waals surface area contributed by atoms with Gasteiger partial charge in [0.25, 0.3) is 5.56 Å². The number of hydrogen-bond donors (Lipinski definition) is 1. The zero-order chi connectivity index (χ0) is 12.3. The Morgan fingerprint density at radius 1 is 1.47 bits per heavy atom. The van der Waals surface area contributed by atoms with Crippen molar-refractivity contribution in [2.75, 3.05) is 13.7 Å². The molecule has 1 aromatic heterocycles. The molecule has 1 N–H and O–H groups in total. The Balaban J connectivity index is 2.35. The lowest BCUT2D eigenvalue weighted by molar-refractivity contribution is 0.194. The van der Waals surface area contributed by atoms with E-state index in [1.807, 2.05) is 0 Å². The zero-order valence-corrected chi connectivity index (χ0v) is 9.50. The lowest BCUT2D eigenvalue weighted by atomic mass is 10.2. The van der Waals surface area contributed by atoms with Gasteiger partial charge in [0, 0.05) is 20.1 Å². The Bertz CT molecular complexity index is 580. The average molecular weight is 236 g/mol. The molecule has 0 fully saturated rings. The molecule has 0 radical (unpaired) electrons. The number of halogens is 1. The third kappa shape index (κ3) is 2.68. The van der Waals surface area contributed by atoms with Crippen molar-refractivity contribution in [3.63, 3.8) is 0 Å². The summed E-state index contributed by atoms with van der Waals surface area (Å²) in [5.74, 6) is 0.170. The number of aromatic amines is 1. The van der Waals surface area contributed by atoms with Crippen LogP contribution >= 0.6 is 0 Å². The molecule has 0 aliphatic rings. The van der Waals surface area contributed by atoms with Gasteiger partial charge in [-0.15, -0.1) is 0 Å². The number of nitrogens with one attached hydrogen (secondary N) is 1. The van der Waals surface area contributed by atoms with E-state index in [1.165, 1.54) is 18.2 Å². The van der Waals surface area contributed by atoms with Gasteiger partial charge in [0.2, 0.25) is 0 Å². The minimum Gasteiger partial charge on any atom is -0.385 e. The maximum Gasteiger partial charge on any atom is 0.258 e. The number of ether oxygens (including phenoxy) is 1. The second kappa shape index (κ2) is 5.05. The first-order chi connectivity index (χ1) is 8.20. The van der Waals surface area contributed by atoms with E-state index in [0.717, 1.165) is 6.42 Å². The highest BCUT2D eigenvalue weighted by atomic mass is 19.1. The van der Waals surface area contributed by atoms with Gasteiger partial charge in [0.05, 0.1) is 10.9 Å². The fourth-order valence-corrected chi connectivity index (χ4v) is 1.66. The van der Waals surface area contributed by atoms with Crippen LogP contribution in [0.15, 0.2) is 23.0 Å². The number of rotatable bonds is 4. The molecule has 2 aromatic rings. The Hall–Kier alpha value is -1.75. The molecule has 0 saturated heterocycles. The van der Waals surface area contributed by atoms with Crippen LogP contribution in [0.2, 0.25) is 0 Å². The minimum absolute atomic E-state index is 0.278. The molecular formula is C12H13FN2O2. The van der Waals surface area contributed by atoms with Gasteiger partial charge in [0.15, 0.2) is 0 Å². The smallest absolute Gasteiger partial charge is 0.258 e. The highest BCUT2D eigenvalue weighted by Crippen LogP contribution is 2.09. The zero-order valence-electron chi connectivity index (χ0n) is 9.50. The maximum atomic E-state index is 13.0. The van der Waals surface area contributed by atoms with E-state index >= 15 is 0 Å². The lowest BCUT2D eigenvalue weighted by Gasteiger charge is -2.02. The van der Waals surface area contributed by atoms with Crippen molar-refractivity contribution in [2.24, 2.45) is 0 Å². The van der Waals surface area contributed by atoms with Crippen molar-refractivity contribution in [3.05, 3.63) is 40.2 Å². The fourth-order valence-electron chi connectivity index (χ4n) is 1.66. The molecule has 0 aliphatic carbocycles. The van der Waals surface area contributed by atoms with Crippen molar-refractivity contribution >= 4 is 10.9 Å². The van der Waals surface area contributed by atoms with Crippen LogP contribution in [-0.4, -0.2) is 23.7 Å². The van der Waals surface area contributed by atoms with Gasteiger partial charge in [-0.1, -0.05) is 0 Å². The quantitative estimate of drug-likeness (QED) is 0.821. The molecule has 0 unspecified atom stereocenters. The van der Waals surface area contributed by atoms with E-state index in [2.05, 4.69) is 9.97 Å². The highest BCUT2D eigenvalue weighted by molar-refractivity contribution is 5.77. The van der Waals surface area contributed by atoms with Crippen LogP contribution in [-0.2, 0) is 11.2 Å². The van der Waals surface area contributed by atoms with Gasteiger partial charge < -0.3 is 9.72 Å². The molecule has 1 aromatic carbocycles. The topological polar surface area (TPSA) is 55.0 Å². The second-order valence-electron chi connectivity index (χ2n) is 3.77. The third-order valence-electron chi connectivity index (χ3n) is 2.48. The first-order valence-electron chi connectivity index (χ1n) is 5.38. The Labute approximate surface area is 97.5 Å². The second-order valence-corrected chi connectivity index (χ2v) is 3.77. The Kier molecular flexibility index (Phi) is 3.49. The normalized spacial score (nSPS) is 10.9. The summed E-state index contributed by atoms with van der Waals surface area (Å²) in [6, 6.07) is 4.01. The van der Waals surface area contributed by atoms with Crippen molar-refractivity contribution in [1.29, 1.82) is 0 Å². The van der Waals surface area contributed by atoms with Gasteiger partial charge in [-0.25, -0.2) is 9.37 Å². The van der Waals surface area contributed by atoms with Crippen LogP contribution < -0.4 is 5.56 Å². The number of nitrogens with zero attached hydrogens (tertiary/aromatic N) is 1. The van der Waals surface area contributed by atoms with Crippen LogP contribution in [0.5, 0.6) is 0 Å². The monoisotopic (exact) mass is 236 g/mol. The number of benzene rings is 1. The molecule has 4 nitrogen and oxygen atoms in total. The summed E-state index contributed by atoms with van der Waals surface area (Å²) in [5, 5.41) is 0.278. The standard InChI is InChI=1S/C12H13FN2O2/c1-17-6-2-3-11-14-10-5-4-8(13)7-9(10)12(16)15-11/h4-5,7H,2-3,6H2,1H3,(H,14,15,16). The molecule has 17 heavy (non-hydrogen) atoms. The predicted molar refractivity (Wildman–Crippen MR) is 62.5 cm³/mol. The van der Waals surface area contributed by atoms with Crippen LogP contribution in [0.1, 0.15) is 12.2 Å². The summed E-state index contributed by atoms with van der Waals surface area (Å²) in [5.41, 5.74) is 0.212. The molecule has 90 valence electrons. The predicted octanol–water partition coefficient (Wildman–Crippen LogP) is 1.64. The van der Waals surface area contributed by atoms with Crippen molar-refractivity contribution < 1.29 is 9.13 Å². The van der Waals surface area contributed by atoms with E-state index in [0.29, 0.717) is 24.4 Å². The lowest BCUT2D eigenvalue weighted by Crippen LogP contribution is -2.12. The molecular weight excluding hydrogens is 223 g/mol. The summed E-state index contributed by atoms with van der Waals surface area (Å²) >= 11 is 0. The van der Waals surface area contributed by atoms with Gasteiger partial charge in [-0.3, -0.25) is 4.79 Å². The Morgan fingerprint density at radius 3 is 3.06 bits per heavy atom. The first-order valence-corrected chi connectivity index (χ1v) is 5.38. The number of H-pyrrole nitrogens is 1. The van der Waals surface area contributed by atoms with Crippen LogP contribution in [0.4, 0.5) is 4.39 Å². The SMILES string of the molecule is COCCCc1nc2ccc(F)cc2c(=O)[nH]1. The summed E-state index contributed by atoms with van der Waals surface area (Å²) in [7, 11) is 1.62. The molecule has 0 amide bonds. The first kappa shape index (κ1) is 11.7.